The zero-order valence-electron chi connectivity index (χ0n) is 16.2. The lowest BCUT2D eigenvalue weighted by molar-refractivity contribution is -0.113. The van der Waals surface area contributed by atoms with Crippen LogP contribution in [0.5, 0.6) is 0 Å². The lowest BCUT2D eigenvalue weighted by Crippen LogP contribution is -2.27. The molecule has 2 aromatic carbocycles. The molecule has 0 aliphatic carbocycles. The van der Waals surface area contributed by atoms with Crippen molar-refractivity contribution in [1.82, 2.24) is 0 Å². The topological polar surface area (TPSA) is 59.8 Å². The monoisotopic (exact) mass is 435 g/mol. The van der Waals surface area contributed by atoms with Gasteiger partial charge in [0, 0.05) is 11.6 Å². The third kappa shape index (κ3) is 3.81. The second-order valence-electron chi connectivity index (χ2n) is 6.60. The Hall–Kier alpha value is -3.16. The molecule has 1 aliphatic rings. The van der Waals surface area contributed by atoms with Crippen LogP contribution in [0.2, 0.25) is 0 Å². The number of thiocarbonyl (C=S) groups is 1. The standard InChI is InChI=1S/C23H17NO4S2/c1-14-6-5-7-15(12-14)24-21(25)20(30-23(24)29)13-16-10-11-19(28-16)17-8-3-4-9-18(17)22(26)27-2/h3-13H,1-2H3. The lowest BCUT2D eigenvalue weighted by atomic mass is 10.1. The van der Waals surface area contributed by atoms with Gasteiger partial charge in [-0.3, -0.25) is 9.69 Å². The Kier molecular flexibility index (Phi) is 5.57. The van der Waals surface area contributed by atoms with Crippen molar-refractivity contribution in [2.45, 2.75) is 6.92 Å². The Labute approximate surface area is 183 Å². The summed E-state index contributed by atoms with van der Waals surface area (Å²) < 4.78 is 11.2. The fourth-order valence-corrected chi connectivity index (χ4v) is 4.43. The van der Waals surface area contributed by atoms with Crippen LogP contribution >= 0.6 is 24.0 Å². The van der Waals surface area contributed by atoms with Crippen LogP contribution in [0.15, 0.2) is 70.0 Å². The molecule has 0 radical (unpaired) electrons. The predicted octanol–water partition coefficient (Wildman–Crippen LogP) is 5.45. The zero-order chi connectivity index (χ0) is 21.3. The predicted molar refractivity (Wildman–Crippen MR) is 122 cm³/mol. The van der Waals surface area contributed by atoms with E-state index in [0.29, 0.717) is 31.9 Å². The fourth-order valence-electron chi connectivity index (χ4n) is 3.15. The van der Waals surface area contributed by atoms with Crippen LogP contribution in [0.1, 0.15) is 21.7 Å². The maximum atomic E-state index is 12.9. The van der Waals surface area contributed by atoms with Crippen LogP contribution in [0.25, 0.3) is 17.4 Å². The maximum absolute atomic E-state index is 12.9. The number of carbonyl (C=O) groups excluding carboxylic acids is 2. The smallest absolute Gasteiger partial charge is 0.338 e. The van der Waals surface area contributed by atoms with E-state index in [1.165, 1.54) is 23.8 Å². The molecule has 5 nitrogen and oxygen atoms in total. The first-order chi connectivity index (χ1) is 14.5. The quantitative estimate of drug-likeness (QED) is 0.309. The fraction of sp³-hybridized carbons (Fsp3) is 0.0870. The summed E-state index contributed by atoms with van der Waals surface area (Å²) in [7, 11) is 1.34. The number of nitrogens with zero attached hydrogens (tertiary/aromatic N) is 1. The van der Waals surface area contributed by atoms with Gasteiger partial charge in [0.05, 0.1) is 23.3 Å². The van der Waals surface area contributed by atoms with Gasteiger partial charge in [0.2, 0.25) is 0 Å². The molecule has 0 saturated carbocycles. The molecule has 0 spiro atoms. The summed E-state index contributed by atoms with van der Waals surface area (Å²) in [6, 6.07) is 18.2. The van der Waals surface area contributed by atoms with Gasteiger partial charge in [0.1, 0.15) is 11.5 Å². The van der Waals surface area contributed by atoms with E-state index < -0.39 is 5.97 Å². The van der Waals surface area contributed by atoms with Gasteiger partial charge < -0.3 is 9.15 Å². The molecular formula is C23H17NO4S2. The number of amides is 1. The number of benzene rings is 2. The van der Waals surface area contributed by atoms with E-state index in [1.54, 1.807) is 36.4 Å². The molecule has 1 amide bonds. The second kappa shape index (κ2) is 8.30. The van der Waals surface area contributed by atoms with Gasteiger partial charge in [-0.1, -0.05) is 54.3 Å². The number of anilines is 1. The average Bonchev–Trinajstić information content (AvgIpc) is 3.31. The van der Waals surface area contributed by atoms with Gasteiger partial charge in [-0.05, 0) is 42.8 Å². The number of thioether (sulfide) groups is 1. The second-order valence-corrected chi connectivity index (χ2v) is 8.27. The highest BCUT2D eigenvalue weighted by Crippen LogP contribution is 2.37. The van der Waals surface area contributed by atoms with E-state index >= 15 is 0 Å². The molecule has 1 aromatic heterocycles. The van der Waals surface area contributed by atoms with E-state index in [4.69, 9.17) is 21.4 Å². The summed E-state index contributed by atoms with van der Waals surface area (Å²) in [6.45, 7) is 1.97. The Balaban J connectivity index is 1.63. The number of carbonyl (C=O) groups is 2. The normalized spacial score (nSPS) is 15.1. The third-order valence-corrected chi connectivity index (χ3v) is 5.85. The van der Waals surface area contributed by atoms with E-state index in [0.717, 1.165) is 11.3 Å². The third-order valence-electron chi connectivity index (χ3n) is 4.55. The molecule has 150 valence electrons. The Morgan fingerprint density at radius 3 is 2.70 bits per heavy atom. The number of hydrogen-bond acceptors (Lipinski definition) is 6. The largest absolute Gasteiger partial charge is 0.465 e. The number of ether oxygens (including phenoxy) is 1. The van der Waals surface area contributed by atoms with Crippen LogP contribution in [-0.2, 0) is 9.53 Å². The van der Waals surface area contributed by atoms with Gasteiger partial charge in [-0.25, -0.2) is 4.79 Å². The number of furan rings is 1. The summed E-state index contributed by atoms with van der Waals surface area (Å²) in [5, 5.41) is 0. The summed E-state index contributed by atoms with van der Waals surface area (Å²) in [5.41, 5.74) is 2.82. The molecule has 2 heterocycles. The van der Waals surface area contributed by atoms with E-state index in [1.807, 2.05) is 37.3 Å². The molecule has 7 heteroatoms. The van der Waals surface area contributed by atoms with Crippen molar-refractivity contribution in [3.8, 4) is 11.3 Å². The lowest BCUT2D eigenvalue weighted by Gasteiger charge is -2.14. The van der Waals surface area contributed by atoms with Crippen LogP contribution in [0.4, 0.5) is 5.69 Å². The van der Waals surface area contributed by atoms with Crippen molar-refractivity contribution in [2.75, 3.05) is 12.0 Å². The van der Waals surface area contributed by atoms with Crippen molar-refractivity contribution in [3.05, 3.63) is 82.5 Å². The molecule has 1 aliphatic heterocycles. The highest BCUT2D eigenvalue weighted by atomic mass is 32.2. The first-order valence-electron chi connectivity index (χ1n) is 9.10. The Bertz CT molecular complexity index is 1200. The number of aryl methyl sites for hydroxylation is 1. The summed E-state index contributed by atoms with van der Waals surface area (Å²) in [4.78, 5) is 27.0. The number of rotatable bonds is 4. The summed E-state index contributed by atoms with van der Waals surface area (Å²) >= 11 is 6.65. The number of esters is 1. The molecule has 3 aromatic rings. The van der Waals surface area contributed by atoms with Gasteiger partial charge in [0.25, 0.3) is 5.91 Å². The minimum Gasteiger partial charge on any atom is -0.465 e. The van der Waals surface area contributed by atoms with Crippen molar-refractivity contribution < 1.29 is 18.7 Å². The molecule has 0 N–H and O–H groups in total. The molecule has 0 bridgehead atoms. The Morgan fingerprint density at radius 1 is 1.13 bits per heavy atom. The van der Waals surface area contributed by atoms with E-state index in [9.17, 15) is 9.59 Å². The van der Waals surface area contributed by atoms with Crippen molar-refractivity contribution >= 4 is 51.9 Å². The maximum Gasteiger partial charge on any atom is 0.338 e. The van der Waals surface area contributed by atoms with Crippen LogP contribution in [0, 0.1) is 6.92 Å². The van der Waals surface area contributed by atoms with Crippen molar-refractivity contribution in [2.24, 2.45) is 0 Å². The first-order valence-corrected chi connectivity index (χ1v) is 10.3. The molecule has 0 unspecified atom stereocenters. The van der Waals surface area contributed by atoms with Gasteiger partial charge in [0.15, 0.2) is 4.32 Å². The minimum atomic E-state index is -0.442. The minimum absolute atomic E-state index is 0.191. The Morgan fingerprint density at radius 2 is 1.93 bits per heavy atom. The van der Waals surface area contributed by atoms with Crippen LogP contribution in [-0.4, -0.2) is 23.3 Å². The SMILES string of the molecule is COC(=O)c1ccccc1-c1ccc(C=C2SC(=S)N(c3cccc(C)c3)C2=O)o1. The van der Waals surface area contributed by atoms with Gasteiger partial charge in [-0.15, -0.1) is 0 Å². The molecular weight excluding hydrogens is 418 g/mol. The van der Waals surface area contributed by atoms with Crippen molar-refractivity contribution in [1.29, 1.82) is 0 Å². The summed E-state index contributed by atoms with van der Waals surface area (Å²) in [5.74, 6) is 0.372. The van der Waals surface area contributed by atoms with E-state index in [-0.39, 0.29) is 5.91 Å². The molecule has 0 atom stereocenters. The van der Waals surface area contributed by atoms with Gasteiger partial charge in [-0.2, -0.15) is 0 Å². The molecule has 1 saturated heterocycles. The molecule has 30 heavy (non-hydrogen) atoms. The van der Waals surface area contributed by atoms with Crippen LogP contribution in [0.3, 0.4) is 0 Å². The van der Waals surface area contributed by atoms with Crippen molar-refractivity contribution in [3.63, 3.8) is 0 Å². The van der Waals surface area contributed by atoms with Crippen LogP contribution < -0.4 is 4.90 Å². The first kappa shape index (κ1) is 20.1. The summed E-state index contributed by atoms with van der Waals surface area (Å²) in [6.07, 6.45) is 1.67. The highest BCUT2D eigenvalue weighted by molar-refractivity contribution is 8.27. The van der Waals surface area contributed by atoms with Gasteiger partial charge >= 0.3 is 5.97 Å². The highest BCUT2D eigenvalue weighted by Gasteiger charge is 2.33. The zero-order valence-corrected chi connectivity index (χ0v) is 17.9. The number of hydrogen-bond donors (Lipinski definition) is 0. The van der Waals surface area contributed by atoms with E-state index in [2.05, 4.69) is 0 Å². The molecule has 4 rings (SSSR count). The average molecular weight is 436 g/mol. The number of methoxy groups -OCH3 is 1. The molecule has 1 fully saturated rings.